The molecule has 4 heteroatoms. The molecule has 1 heterocycles. The maximum Gasteiger partial charge on any atom is 0.0949 e. The first-order chi connectivity index (χ1) is 9.60. The molecular formula is C16H21ClN2S. The molecule has 108 valence electrons. The normalized spacial score (nSPS) is 12.6. The number of nitrogens with one attached hydrogen (secondary N) is 1. The SMILES string of the molecule is CCCNC(Cc1nc(C)c(C)s1)c1cccc(Cl)c1. The lowest BCUT2D eigenvalue weighted by atomic mass is 10.0. The van der Waals surface area contributed by atoms with Crippen LogP contribution in [0, 0.1) is 13.8 Å². The monoisotopic (exact) mass is 308 g/mol. The van der Waals surface area contributed by atoms with Gasteiger partial charge in [0, 0.05) is 22.4 Å². The van der Waals surface area contributed by atoms with Crippen LogP contribution in [0.4, 0.5) is 0 Å². The van der Waals surface area contributed by atoms with E-state index in [2.05, 4.69) is 37.1 Å². The van der Waals surface area contributed by atoms with Crippen molar-refractivity contribution in [2.75, 3.05) is 6.54 Å². The Morgan fingerprint density at radius 1 is 1.35 bits per heavy atom. The average molecular weight is 309 g/mol. The lowest BCUT2D eigenvalue weighted by Gasteiger charge is -2.18. The maximum absolute atomic E-state index is 6.11. The highest BCUT2D eigenvalue weighted by Gasteiger charge is 2.15. The molecule has 0 fully saturated rings. The van der Waals surface area contributed by atoms with E-state index in [1.54, 1.807) is 11.3 Å². The van der Waals surface area contributed by atoms with Crippen molar-refractivity contribution in [3.05, 3.63) is 50.4 Å². The van der Waals surface area contributed by atoms with Crippen molar-refractivity contribution in [3.8, 4) is 0 Å². The van der Waals surface area contributed by atoms with E-state index in [1.807, 2.05) is 18.2 Å². The summed E-state index contributed by atoms with van der Waals surface area (Å²) in [6.07, 6.45) is 2.03. The number of benzene rings is 1. The molecule has 0 amide bonds. The first kappa shape index (κ1) is 15.5. The topological polar surface area (TPSA) is 24.9 Å². The van der Waals surface area contributed by atoms with Crippen LogP contribution in [0.1, 0.15) is 40.5 Å². The molecule has 1 unspecified atom stereocenters. The van der Waals surface area contributed by atoms with Gasteiger partial charge in [0.05, 0.1) is 10.7 Å². The summed E-state index contributed by atoms with van der Waals surface area (Å²) in [6, 6.07) is 8.38. The Labute approximate surface area is 130 Å². The highest BCUT2D eigenvalue weighted by Crippen LogP contribution is 2.25. The number of aryl methyl sites for hydroxylation is 2. The minimum atomic E-state index is 0.276. The number of thiazole rings is 1. The molecule has 0 spiro atoms. The van der Waals surface area contributed by atoms with Gasteiger partial charge in [-0.05, 0) is 44.5 Å². The Balaban J connectivity index is 2.18. The number of hydrogen-bond donors (Lipinski definition) is 1. The summed E-state index contributed by atoms with van der Waals surface area (Å²) < 4.78 is 0. The largest absolute Gasteiger partial charge is 0.310 e. The lowest BCUT2D eigenvalue weighted by molar-refractivity contribution is 0.528. The fourth-order valence-corrected chi connectivity index (χ4v) is 3.33. The molecule has 0 saturated carbocycles. The number of aromatic nitrogens is 1. The second-order valence-electron chi connectivity index (χ2n) is 5.02. The first-order valence-corrected chi connectivity index (χ1v) is 8.21. The summed E-state index contributed by atoms with van der Waals surface area (Å²) >= 11 is 7.91. The predicted molar refractivity (Wildman–Crippen MR) is 87.8 cm³/mol. The van der Waals surface area contributed by atoms with Gasteiger partial charge in [-0.1, -0.05) is 30.7 Å². The van der Waals surface area contributed by atoms with Crippen LogP contribution in [0.25, 0.3) is 0 Å². The third-order valence-electron chi connectivity index (χ3n) is 3.34. The third-order valence-corrected chi connectivity index (χ3v) is 4.67. The molecule has 0 aliphatic rings. The molecular weight excluding hydrogens is 288 g/mol. The van der Waals surface area contributed by atoms with Crippen LogP contribution < -0.4 is 5.32 Å². The van der Waals surface area contributed by atoms with Crippen LogP contribution in [0.5, 0.6) is 0 Å². The molecule has 20 heavy (non-hydrogen) atoms. The second-order valence-corrected chi connectivity index (χ2v) is 6.74. The van der Waals surface area contributed by atoms with Crippen LogP contribution in [0.15, 0.2) is 24.3 Å². The summed E-state index contributed by atoms with van der Waals surface area (Å²) in [6.45, 7) is 7.38. The van der Waals surface area contributed by atoms with Crippen LogP contribution in [0.3, 0.4) is 0 Å². The van der Waals surface area contributed by atoms with Gasteiger partial charge in [0.25, 0.3) is 0 Å². The molecule has 1 N–H and O–H groups in total. The van der Waals surface area contributed by atoms with Crippen molar-refractivity contribution in [1.82, 2.24) is 10.3 Å². The van der Waals surface area contributed by atoms with Crippen LogP contribution in [-0.2, 0) is 6.42 Å². The zero-order chi connectivity index (χ0) is 14.5. The van der Waals surface area contributed by atoms with E-state index in [1.165, 1.54) is 15.4 Å². The third kappa shape index (κ3) is 4.05. The lowest BCUT2D eigenvalue weighted by Crippen LogP contribution is -2.24. The number of rotatable bonds is 6. The Hall–Kier alpha value is -0.900. The van der Waals surface area contributed by atoms with E-state index in [-0.39, 0.29) is 6.04 Å². The van der Waals surface area contributed by atoms with Gasteiger partial charge in [-0.15, -0.1) is 11.3 Å². The molecule has 0 aliphatic heterocycles. The summed E-state index contributed by atoms with van der Waals surface area (Å²) in [5.41, 5.74) is 2.38. The zero-order valence-electron chi connectivity index (χ0n) is 12.2. The minimum Gasteiger partial charge on any atom is -0.310 e. The van der Waals surface area contributed by atoms with E-state index >= 15 is 0 Å². The number of nitrogens with zero attached hydrogens (tertiary/aromatic N) is 1. The smallest absolute Gasteiger partial charge is 0.0949 e. The zero-order valence-corrected chi connectivity index (χ0v) is 13.8. The predicted octanol–water partition coefficient (Wildman–Crippen LogP) is 4.70. The summed E-state index contributed by atoms with van der Waals surface area (Å²) in [5.74, 6) is 0. The van der Waals surface area contributed by atoms with Gasteiger partial charge in [0.2, 0.25) is 0 Å². The Kier molecular flexibility index (Phi) is 5.58. The Morgan fingerprint density at radius 2 is 2.15 bits per heavy atom. The standard InChI is InChI=1S/C16H21ClN2S/c1-4-8-18-15(13-6-5-7-14(17)9-13)10-16-19-11(2)12(3)20-16/h5-7,9,15,18H,4,8,10H2,1-3H3. The van der Waals surface area contributed by atoms with Gasteiger partial charge in [-0.3, -0.25) is 0 Å². The van der Waals surface area contributed by atoms with Gasteiger partial charge in [-0.25, -0.2) is 4.98 Å². The minimum absolute atomic E-state index is 0.276. The van der Waals surface area contributed by atoms with Crippen molar-refractivity contribution < 1.29 is 0 Å². The molecule has 0 aliphatic carbocycles. The molecule has 0 radical (unpaired) electrons. The molecule has 2 aromatic rings. The summed E-state index contributed by atoms with van der Waals surface area (Å²) in [5, 5.41) is 5.58. The van der Waals surface area contributed by atoms with Gasteiger partial charge < -0.3 is 5.32 Å². The average Bonchev–Trinajstić information content (AvgIpc) is 2.73. The van der Waals surface area contributed by atoms with Crippen molar-refractivity contribution in [3.63, 3.8) is 0 Å². The second kappa shape index (κ2) is 7.21. The van der Waals surface area contributed by atoms with Gasteiger partial charge in [0.15, 0.2) is 0 Å². The van der Waals surface area contributed by atoms with Crippen molar-refractivity contribution in [1.29, 1.82) is 0 Å². The highest BCUT2D eigenvalue weighted by molar-refractivity contribution is 7.11. The molecule has 1 atom stereocenters. The number of halogens is 1. The molecule has 2 nitrogen and oxygen atoms in total. The quantitative estimate of drug-likeness (QED) is 0.837. The summed E-state index contributed by atoms with van der Waals surface area (Å²) in [4.78, 5) is 5.96. The van der Waals surface area contributed by atoms with Gasteiger partial charge in [0.1, 0.15) is 0 Å². The molecule has 0 bridgehead atoms. The van der Waals surface area contributed by atoms with Crippen molar-refractivity contribution in [2.45, 2.75) is 39.7 Å². The number of hydrogen-bond acceptors (Lipinski definition) is 3. The summed E-state index contributed by atoms with van der Waals surface area (Å²) in [7, 11) is 0. The Bertz CT molecular complexity index is 546. The maximum atomic E-state index is 6.11. The first-order valence-electron chi connectivity index (χ1n) is 7.02. The molecule has 1 aromatic heterocycles. The van der Waals surface area contributed by atoms with Crippen molar-refractivity contribution >= 4 is 22.9 Å². The van der Waals surface area contributed by atoms with Crippen LogP contribution >= 0.6 is 22.9 Å². The molecule has 0 saturated heterocycles. The van der Waals surface area contributed by atoms with Crippen molar-refractivity contribution in [2.24, 2.45) is 0 Å². The fourth-order valence-electron chi connectivity index (χ4n) is 2.15. The van der Waals surface area contributed by atoms with Crippen LogP contribution in [-0.4, -0.2) is 11.5 Å². The van der Waals surface area contributed by atoms with E-state index in [0.717, 1.165) is 30.1 Å². The fraction of sp³-hybridized carbons (Fsp3) is 0.438. The van der Waals surface area contributed by atoms with E-state index in [4.69, 9.17) is 11.6 Å². The van der Waals surface area contributed by atoms with E-state index in [0.29, 0.717) is 0 Å². The van der Waals surface area contributed by atoms with Gasteiger partial charge >= 0.3 is 0 Å². The highest BCUT2D eigenvalue weighted by atomic mass is 35.5. The van der Waals surface area contributed by atoms with Crippen LogP contribution in [0.2, 0.25) is 5.02 Å². The molecule has 2 rings (SSSR count). The Morgan fingerprint density at radius 3 is 2.75 bits per heavy atom. The van der Waals surface area contributed by atoms with E-state index in [9.17, 15) is 0 Å². The van der Waals surface area contributed by atoms with Gasteiger partial charge in [-0.2, -0.15) is 0 Å². The van der Waals surface area contributed by atoms with E-state index < -0.39 is 0 Å². The molecule has 1 aromatic carbocycles.